The molecule has 0 unspecified atom stereocenters. The van der Waals surface area contributed by atoms with Crippen molar-refractivity contribution >= 4 is 10.0 Å². The lowest BCUT2D eigenvalue weighted by Gasteiger charge is -2.33. The van der Waals surface area contributed by atoms with Crippen LogP contribution in [-0.4, -0.2) is 66.4 Å². The molecule has 0 spiro atoms. The van der Waals surface area contributed by atoms with Crippen molar-refractivity contribution < 1.29 is 13.2 Å². The molecule has 1 aliphatic rings. The van der Waals surface area contributed by atoms with Crippen molar-refractivity contribution in [1.29, 1.82) is 0 Å². The highest BCUT2D eigenvalue weighted by Gasteiger charge is 2.26. The van der Waals surface area contributed by atoms with Gasteiger partial charge in [0, 0.05) is 50.0 Å². The summed E-state index contributed by atoms with van der Waals surface area (Å²) in [6.07, 6.45) is 2.07. The van der Waals surface area contributed by atoms with E-state index in [0.717, 1.165) is 28.3 Å². The first kappa shape index (κ1) is 21.5. The number of sulfonamides is 1. The van der Waals surface area contributed by atoms with E-state index in [1.807, 2.05) is 59.3 Å². The highest BCUT2D eigenvalue weighted by atomic mass is 32.2. The Kier molecular flexibility index (Phi) is 6.41. The number of methoxy groups -OCH3 is 1. The smallest absolute Gasteiger partial charge is 0.213 e. The average molecular weight is 441 g/mol. The van der Waals surface area contributed by atoms with E-state index in [1.165, 1.54) is 0 Å². The van der Waals surface area contributed by atoms with Crippen LogP contribution < -0.4 is 4.74 Å². The molecule has 1 aromatic heterocycles. The molecule has 1 saturated heterocycles. The molecular formula is C23H28N4O3S. The van der Waals surface area contributed by atoms with Crippen molar-refractivity contribution in [3.05, 3.63) is 66.4 Å². The molecule has 164 valence electrons. The van der Waals surface area contributed by atoms with Crippen LogP contribution in [0.4, 0.5) is 0 Å². The highest BCUT2D eigenvalue weighted by Crippen LogP contribution is 2.27. The van der Waals surface area contributed by atoms with Gasteiger partial charge < -0.3 is 4.74 Å². The summed E-state index contributed by atoms with van der Waals surface area (Å²) in [5, 5.41) is 4.88. The van der Waals surface area contributed by atoms with Gasteiger partial charge in [-0.05, 0) is 43.3 Å². The van der Waals surface area contributed by atoms with Gasteiger partial charge in [-0.2, -0.15) is 9.40 Å². The first-order chi connectivity index (χ1) is 15.0. The summed E-state index contributed by atoms with van der Waals surface area (Å²) in [6, 6.07) is 18.0. The molecule has 31 heavy (non-hydrogen) atoms. The number of rotatable bonds is 7. The van der Waals surface area contributed by atoms with E-state index >= 15 is 0 Å². The van der Waals surface area contributed by atoms with E-state index in [2.05, 4.69) is 11.1 Å². The molecular weight excluding hydrogens is 412 g/mol. The minimum atomic E-state index is -3.13. The maximum Gasteiger partial charge on any atom is 0.213 e. The number of piperazine rings is 1. The largest absolute Gasteiger partial charge is 0.497 e. The molecule has 7 nitrogen and oxygen atoms in total. The Balaban J connectivity index is 1.59. The van der Waals surface area contributed by atoms with Gasteiger partial charge >= 0.3 is 0 Å². The van der Waals surface area contributed by atoms with E-state index in [1.54, 1.807) is 18.3 Å². The van der Waals surface area contributed by atoms with Crippen LogP contribution in [0.5, 0.6) is 5.75 Å². The normalized spacial score (nSPS) is 15.8. The van der Waals surface area contributed by atoms with Crippen LogP contribution in [0, 0.1) is 0 Å². The summed E-state index contributed by atoms with van der Waals surface area (Å²) in [4.78, 5) is 2.29. The molecule has 0 saturated carbocycles. The minimum absolute atomic E-state index is 0.151. The van der Waals surface area contributed by atoms with Gasteiger partial charge in [-0.15, -0.1) is 0 Å². The van der Waals surface area contributed by atoms with Crippen LogP contribution >= 0.6 is 0 Å². The monoisotopic (exact) mass is 440 g/mol. The second kappa shape index (κ2) is 9.21. The third-order valence-electron chi connectivity index (χ3n) is 5.66. The molecule has 1 aliphatic heterocycles. The minimum Gasteiger partial charge on any atom is -0.497 e. The van der Waals surface area contributed by atoms with Crippen LogP contribution in [0.25, 0.3) is 16.9 Å². The fraction of sp³-hybridized carbons (Fsp3) is 0.348. The summed E-state index contributed by atoms with van der Waals surface area (Å²) < 4.78 is 33.1. The number of ether oxygens (including phenoxy) is 1. The third kappa shape index (κ3) is 4.81. The Labute approximate surface area is 183 Å². The van der Waals surface area contributed by atoms with Crippen LogP contribution in [-0.2, 0) is 16.6 Å². The molecule has 2 heterocycles. The van der Waals surface area contributed by atoms with Gasteiger partial charge in [0.25, 0.3) is 0 Å². The third-order valence-corrected chi connectivity index (χ3v) is 7.54. The van der Waals surface area contributed by atoms with Crippen molar-refractivity contribution in [2.24, 2.45) is 0 Å². The number of benzene rings is 2. The Morgan fingerprint density at radius 3 is 2.26 bits per heavy atom. The number of para-hydroxylation sites is 1. The Hall–Kier alpha value is -2.68. The van der Waals surface area contributed by atoms with E-state index in [-0.39, 0.29) is 5.75 Å². The quantitative estimate of drug-likeness (QED) is 0.565. The van der Waals surface area contributed by atoms with Crippen molar-refractivity contribution in [3.63, 3.8) is 0 Å². The van der Waals surface area contributed by atoms with E-state index in [9.17, 15) is 8.42 Å². The van der Waals surface area contributed by atoms with E-state index < -0.39 is 10.0 Å². The number of hydrogen-bond donors (Lipinski definition) is 0. The first-order valence-electron chi connectivity index (χ1n) is 10.5. The zero-order valence-electron chi connectivity index (χ0n) is 17.9. The predicted molar refractivity (Wildman–Crippen MR) is 122 cm³/mol. The number of aromatic nitrogens is 2. The molecule has 8 heteroatoms. The molecule has 1 fully saturated rings. The summed E-state index contributed by atoms with van der Waals surface area (Å²) in [6.45, 7) is 4.88. The van der Waals surface area contributed by atoms with Crippen LogP contribution in [0.15, 0.2) is 60.8 Å². The predicted octanol–water partition coefficient (Wildman–Crippen LogP) is 3.02. The second-order valence-corrected chi connectivity index (χ2v) is 9.84. The van der Waals surface area contributed by atoms with Gasteiger partial charge in [0.05, 0.1) is 24.2 Å². The molecule has 2 aromatic carbocycles. The Morgan fingerprint density at radius 1 is 0.968 bits per heavy atom. The first-order valence-corrected chi connectivity index (χ1v) is 12.1. The van der Waals surface area contributed by atoms with Gasteiger partial charge in [0.15, 0.2) is 0 Å². The van der Waals surface area contributed by atoms with Crippen LogP contribution in [0.3, 0.4) is 0 Å². The molecule has 0 amide bonds. The number of nitrogens with zero attached hydrogens (tertiary/aromatic N) is 4. The van der Waals surface area contributed by atoms with Crippen molar-refractivity contribution in [2.45, 2.75) is 13.5 Å². The number of hydrogen-bond acceptors (Lipinski definition) is 5. The molecule has 0 radical (unpaired) electrons. The average Bonchev–Trinajstić information content (AvgIpc) is 3.24. The second-order valence-electron chi connectivity index (χ2n) is 7.59. The van der Waals surface area contributed by atoms with Crippen LogP contribution in [0.2, 0.25) is 0 Å². The zero-order valence-corrected chi connectivity index (χ0v) is 18.8. The standard InChI is InChI=1S/C23H28N4O3S/c1-3-31(28,29)26-15-13-25(14-16-26)17-20-18-27(21-7-5-4-6-8-21)24-23(20)19-9-11-22(30-2)12-10-19/h4-12,18H,3,13-17H2,1-2H3. The maximum absolute atomic E-state index is 12.2. The van der Waals surface area contributed by atoms with Crippen molar-refractivity contribution in [2.75, 3.05) is 39.0 Å². The van der Waals surface area contributed by atoms with Crippen LogP contribution in [0.1, 0.15) is 12.5 Å². The van der Waals surface area contributed by atoms with Gasteiger partial charge in [-0.3, -0.25) is 4.90 Å². The zero-order chi connectivity index (χ0) is 21.8. The molecule has 0 N–H and O–H groups in total. The summed E-state index contributed by atoms with van der Waals surface area (Å²) in [5.41, 5.74) is 4.07. The van der Waals surface area contributed by atoms with Gasteiger partial charge in [-0.25, -0.2) is 13.1 Å². The van der Waals surface area contributed by atoms with E-state index in [0.29, 0.717) is 32.7 Å². The topological polar surface area (TPSA) is 67.7 Å². The SMILES string of the molecule is CCS(=O)(=O)N1CCN(Cc2cn(-c3ccccc3)nc2-c2ccc(OC)cc2)CC1. The lowest BCUT2D eigenvalue weighted by molar-refractivity contribution is 0.182. The molecule has 3 aromatic rings. The summed E-state index contributed by atoms with van der Waals surface area (Å²) >= 11 is 0. The van der Waals surface area contributed by atoms with Gasteiger partial charge in [0.1, 0.15) is 5.75 Å². The van der Waals surface area contributed by atoms with E-state index in [4.69, 9.17) is 9.84 Å². The Bertz CT molecular complexity index is 1100. The van der Waals surface area contributed by atoms with Crippen molar-refractivity contribution in [1.82, 2.24) is 19.0 Å². The van der Waals surface area contributed by atoms with Gasteiger partial charge in [0.2, 0.25) is 10.0 Å². The lowest BCUT2D eigenvalue weighted by Crippen LogP contribution is -2.48. The fourth-order valence-corrected chi connectivity index (χ4v) is 4.90. The maximum atomic E-state index is 12.2. The molecule has 0 aliphatic carbocycles. The fourth-order valence-electron chi connectivity index (χ4n) is 3.82. The highest BCUT2D eigenvalue weighted by molar-refractivity contribution is 7.89. The summed E-state index contributed by atoms with van der Waals surface area (Å²) in [7, 11) is -1.47. The molecule has 0 bridgehead atoms. The molecule has 4 rings (SSSR count). The summed E-state index contributed by atoms with van der Waals surface area (Å²) in [5.74, 6) is 0.958. The van der Waals surface area contributed by atoms with Gasteiger partial charge in [-0.1, -0.05) is 18.2 Å². The molecule has 0 atom stereocenters. The lowest BCUT2D eigenvalue weighted by atomic mass is 10.1. The van der Waals surface area contributed by atoms with Crippen molar-refractivity contribution in [3.8, 4) is 22.7 Å². The Morgan fingerprint density at radius 2 is 1.65 bits per heavy atom.